The molecule has 4 nitrogen and oxygen atoms in total. The second kappa shape index (κ2) is 6.54. The molecule has 1 unspecified atom stereocenters. The minimum absolute atomic E-state index is 0.0787. The molecular formula is C18H20N2O2S. The molecule has 0 bridgehead atoms. The third-order valence-corrected chi connectivity index (χ3v) is 4.52. The van der Waals surface area contributed by atoms with Crippen LogP contribution in [0, 0.1) is 0 Å². The fourth-order valence-electron chi connectivity index (χ4n) is 2.42. The van der Waals surface area contributed by atoms with Crippen molar-refractivity contribution < 1.29 is 9.21 Å². The lowest BCUT2D eigenvalue weighted by atomic mass is 10.1. The van der Waals surface area contributed by atoms with Crippen molar-refractivity contribution in [2.45, 2.75) is 39.2 Å². The van der Waals surface area contributed by atoms with Gasteiger partial charge < -0.3 is 9.73 Å². The fraction of sp³-hybridized carbons (Fsp3) is 0.333. The summed E-state index contributed by atoms with van der Waals surface area (Å²) in [4.78, 5) is 18.1. The van der Waals surface area contributed by atoms with Crippen molar-refractivity contribution in [2.24, 2.45) is 0 Å². The number of oxazole rings is 1. The lowest BCUT2D eigenvalue weighted by molar-refractivity contribution is 0.0940. The highest BCUT2D eigenvalue weighted by molar-refractivity contribution is 7.09. The summed E-state index contributed by atoms with van der Waals surface area (Å²) in [6.45, 7) is 6.08. The Balaban J connectivity index is 1.72. The molecule has 3 aromatic rings. The Hall–Kier alpha value is -2.14. The number of rotatable bonds is 5. The molecule has 120 valence electrons. The lowest BCUT2D eigenvalue weighted by Crippen LogP contribution is -2.33. The Morgan fingerprint density at radius 2 is 2.13 bits per heavy atom. The molecule has 0 saturated carbocycles. The van der Waals surface area contributed by atoms with Gasteiger partial charge in [0.1, 0.15) is 5.52 Å². The van der Waals surface area contributed by atoms with Gasteiger partial charge in [-0.2, -0.15) is 0 Å². The van der Waals surface area contributed by atoms with Crippen molar-refractivity contribution in [1.29, 1.82) is 0 Å². The number of aromatic nitrogens is 1. The van der Waals surface area contributed by atoms with Crippen molar-refractivity contribution in [3.05, 3.63) is 52.0 Å². The van der Waals surface area contributed by atoms with Gasteiger partial charge in [-0.25, -0.2) is 4.98 Å². The first-order valence-electron chi connectivity index (χ1n) is 7.76. The molecule has 2 heterocycles. The SMILES string of the molecule is CC(Cc1cccs1)NC(=O)c1ccc2oc(C(C)C)nc2c1. The van der Waals surface area contributed by atoms with Gasteiger partial charge in [0.05, 0.1) is 0 Å². The van der Waals surface area contributed by atoms with Gasteiger partial charge in [-0.1, -0.05) is 19.9 Å². The summed E-state index contributed by atoms with van der Waals surface area (Å²) in [6.07, 6.45) is 0.840. The van der Waals surface area contributed by atoms with E-state index in [1.807, 2.05) is 32.9 Å². The molecule has 2 aromatic heterocycles. The first-order chi connectivity index (χ1) is 11.0. The van der Waals surface area contributed by atoms with Gasteiger partial charge in [-0.3, -0.25) is 4.79 Å². The molecular weight excluding hydrogens is 308 g/mol. The molecule has 0 fully saturated rings. The minimum Gasteiger partial charge on any atom is -0.440 e. The van der Waals surface area contributed by atoms with Crippen molar-refractivity contribution in [1.82, 2.24) is 10.3 Å². The molecule has 0 spiro atoms. The second-order valence-corrected chi connectivity index (χ2v) is 7.08. The standard InChI is InChI=1S/C18H20N2O2S/c1-11(2)18-20-15-10-13(6-7-16(15)22-18)17(21)19-12(3)9-14-5-4-8-23-14/h4-8,10-12H,9H2,1-3H3,(H,19,21). The van der Waals surface area contributed by atoms with E-state index in [1.165, 1.54) is 4.88 Å². The Labute approximate surface area is 139 Å². The van der Waals surface area contributed by atoms with Crippen LogP contribution in [-0.4, -0.2) is 16.9 Å². The van der Waals surface area contributed by atoms with Crippen LogP contribution >= 0.6 is 11.3 Å². The van der Waals surface area contributed by atoms with E-state index in [-0.39, 0.29) is 17.9 Å². The number of nitrogens with one attached hydrogen (secondary N) is 1. The molecule has 1 atom stereocenters. The highest BCUT2D eigenvalue weighted by Gasteiger charge is 2.14. The van der Waals surface area contributed by atoms with Crippen molar-refractivity contribution in [2.75, 3.05) is 0 Å². The van der Waals surface area contributed by atoms with E-state index in [0.29, 0.717) is 11.5 Å². The number of nitrogens with zero attached hydrogens (tertiary/aromatic N) is 1. The molecule has 1 aromatic carbocycles. The van der Waals surface area contributed by atoms with Crippen LogP contribution in [0.2, 0.25) is 0 Å². The van der Waals surface area contributed by atoms with Crippen LogP contribution in [0.15, 0.2) is 40.1 Å². The number of carbonyl (C=O) groups is 1. The third kappa shape index (κ3) is 3.62. The van der Waals surface area contributed by atoms with Gasteiger partial charge in [-0.15, -0.1) is 11.3 Å². The summed E-state index contributed by atoms with van der Waals surface area (Å²) in [5.74, 6) is 0.846. The van der Waals surface area contributed by atoms with Crippen molar-refractivity contribution >= 4 is 28.3 Å². The number of hydrogen-bond acceptors (Lipinski definition) is 4. The van der Waals surface area contributed by atoms with Gasteiger partial charge in [0, 0.05) is 28.8 Å². The number of carbonyl (C=O) groups excluding carboxylic acids is 1. The molecule has 0 aliphatic carbocycles. The zero-order valence-corrected chi connectivity index (χ0v) is 14.3. The maximum absolute atomic E-state index is 12.4. The molecule has 3 rings (SSSR count). The topological polar surface area (TPSA) is 55.1 Å². The normalized spacial score (nSPS) is 12.7. The molecule has 5 heteroatoms. The van der Waals surface area contributed by atoms with E-state index in [1.54, 1.807) is 23.5 Å². The number of hydrogen-bond donors (Lipinski definition) is 1. The molecule has 1 amide bonds. The zero-order valence-electron chi connectivity index (χ0n) is 13.5. The van der Waals surface area contributed by atoms with E-state index >= 15 is 0 Å². The summed E-state index contributed by atoms with van der Waals surface area (Å²) in [7, 11) is 0. The van der Waals surface area contributed by atoms with Crippen molar-refractivity contribution in [3.8, 4) is 0 Å². The summed E-state index contributed by atoms with van der Waals surface area (Å²) in [5, 5.41) is 5.09. The number of fused-ring (bicyclic) bond motifs is 1. The third-order valence-electron chi connectivity index (χ3n) is 3.63. The average molecular weight is 328 g/mol. The van der Waals surface area contributed by atoms with Crippen LogP contribution in [0.1, 0.15) is 47.8 Å². The summed E-state index contributed by atoms with van der Waals surface area (Å²) in [6, 6.07) is 9.58. The predicted octanol–water partition coefficient (Wildman–Crippen LogP) is 4.37. The summed E-state index contributed by atoms with van der Waals surface area (Å²) in [5.41, 5.74) is 2.06. The van der Waals surface area contributed by atoms with Crippen molar-refractivity contribution in [3.63, 3.8) is 0 Å². The predicted molar refractivity (Wildman–Crippen MR) is 93.0 cm³/mol. The summed E-state index contributed by atoms with van der Waals surface area (Å²) >= 11 is 1.71. The zero-order chi connectivity index (χ0) is 16.4. The number of benzene rings is 1. The average Bonchev–Trinajstić information content (AvgIpc) is 3.14. The van der Waals surface area contributed by atoms with Gasteiger partial charge in [0.15, 0.2) is 11.5 Å². The Morgan fingerprint density at radius 3 is 2.83 bits per heavy atom. The maximum atomic E-state index is 12.4. The molecule has 0 aliphatic heterocycles. The molecule has 23 heavy (non-hydrogen) atoms. The smallest absolute Gasteiger partial charge is 0.251 e. The monoisotopic (exact) mass is 328 g/mol. The first kappa shape index (κ1) is 15.7. The largest absolute Gasteiger partial charge is 0.440 e. The van der Waals surface area contributed by atoms with Crippen LogP contribution in [0.25, 0.3) is 11.1 Å². The van der Waals surface area contributed by atoms with E-state index in [9.17, 15) is 4.79 Å². The second-order valence-electron chi connectivity index (χ2n) is 6.05. The quantitative estimate of drug-likeness (QED) is 0.756. The lowest BCUT2D eigenvalue weighted by Gasteiger charge is -2.12. The van der Waals surface area contributed by atoms with Gasteiger partial charge in [0.25, 0.3) is 5.91 Å². The molecule has 0 radical (unpaired) electrons. The van der Waals surface area contributed by atoms with Crippen LogP contribution in [0.5, 0.6) is 0 Å². The minimum atomic E-state index is -0.0787. The van der Waals surface area contributed by atoms with E-state index in [0.717, 1.165) is 17.5 Å². The molecule has 0 saturated heterocycles. The Kier molecular flexibility index (Phi) is 4.48. The number of amides is 1. The maximum Gasteiger partial charge on any atom is 0.251 e. The van der Waals surface area contributed by atoms with E-state index < -0.39 is 0 Å². The van der Waals surface area contributed by atoms with Gasteiger partial charge in [0.2, 0.25) is 0 Å². The van der Waals surface area contributed by atoms with E-state index in [4.69, 9.17) is 4.42 Å². The van der Waals surface area contributed by atoms with Crippen LogP contribution in [-0.2, 0) is 6.42 Å². The molecule has 0 aliphatic rings. The Morgan fingerprint density at radius 1 is 1.30 bits per heavy atom. The fourth-order valence-corrected chi connectivity index (χ4v) is 3.26. The van der Waals surface area contributed by atoms with Gasteiger partial charge >= 0.3 is 0 Å². The van der Waals surface area contributed by atoms with Crippen LogP contribution < -0.4 is 5.32 Å². The molecule has 1 N–H and O–H groups in total. The highest BCUT2D eigenvalue weighted by Crippen LogP contribution is 2.22. The summed E-state index contributed by atoms with van der Waals surface area (Å²) < 4.78 is 5.67. The van der Waals surface area contributed by atoms with E-state index in [2.05, 4.69) is 21.7 Å². The number of thiophene rings is 1. The highest BCUT2D eigenvalue weighted by atomic mass is 32.1. The Bertz CT molecular complexity index is 806. The van der Waals surface area contributed by atoms with Gasteiger partial charge in [-0.05, 0) is 36.6 Å². The van der Waals surface area contributed by atoms with Crippen LogP contribution in [0.3, 0.4) is 0 Å². The van der Waals surface area contributed by atoms with Crippen LogP contribution in [0.4, 0.5) is 0 Å². The first-order valence-corrected chi connectivity index (χ1v) is 8.64.